The van der Waals surface area contributed by atoms with E-state index in [0.717, 1.165) is 45.4 Å². The Kier molecular flexibility index (Phi) is 4.32. The monoisotopic (exact) mass is 420 g/mol. The fourth-order valence-electron chi connectivity index (χ4n) is 4.50. The lowest BCUT2D eigenvalue weighted by Gasteiger charge is -2.35. The van der Waals surface area contributed by atoms with Crippen LogP contribution in [0, 0.1) is 0 Å². The van der Waals surface area contributed by atoms with Gasteiger partial charge >= 0.3 is 6.03 Å². The van der Waals surface area contributed by atoms with Gasteiger partial charge in [0, 0.05) is 9.79 Å². The average Bonchev–Trinajstić information content (AvgIpc) is 2.99. The molecule has 0 saturated carbocycles. The number of aryl methyl sites for hydroxylation is 2. The van der Waals surface area contributed by atoms with E-state index in [1.54, 1.807) is 11.8 Å². The minimum atomic E-state index is -0.0537. The summed E-state index contributed by atoms with van der Waals surface area (Å²) < 4.78 is 0. The van der Waals surface area contributed by atoms with Crippen LogP contribution in [0.25, 0.3) is 0 Å². The van der Waals surface area contributed by atoms with E-state index in [0.29, 0.717) is 0 Å². The van der Waals surface area contributed by atoms with Crippen LogP contribution in [0.4, 0.5) is 27.5 Å². The zero-order valence-corrected chi connectivity index (χ0v) is 17.7. The van der Waals surface area contributed by atoms with Gasteiger partial charge in [-0.2, -0.15) is 0 Å². The number of amides is 2. The van der Waals surface area contributed by atoms with Gasteiger partial charge in [0.2, 0.25) is 0 Å². The van der Waals surface area contributed by atoms with E-state index in [1.807, 2.05) is 58.3 Å². The molecular weight excluding hydrogens is 400 g/mol. The number of carbonyl (C=O) groups is 1. The van der Waals surface area contributed by atoms with Crippen molar-refractivity contribution in [2.45, 2.75) is 22.6 Å². The first-order valence-electron chi connectivity index (χ1n) is 10.5. The van der Waals surface area contributed by atoms with Gasteiger partial charge in [-0.15, -0.1) is 0 Å². The van der Waals surface area contributed by atoms with Gasteiger partial charge in [0.05, 0.1) is 22.7 Å². The molecule has 0 unspecified atom stereocenters. The quantitative estimate of drug-likeness (QED) is 0.297. The van der Waals surface area contributed by atoms with Crippen LogP contribution in [0.15, 0.2) is 107 Å². The maximum atomic E-state index is 14.4. The maximum absolute atomic E-state index is 14.4. The van der Waals surface area contributed by atoms with Crippen molar-refractivity contribution in [2.75, 3.05) is 9.80 Å². The minimum Gasteiger partial charge on any atom is -0.262 e. The van der Waals surface area contributed by atoms with Crippen LogP contribution < -0.4 is 9.80 Å². The predicted molar refractivity (Wildman–Crippen MR) is 127 cm³/mol. The topological polar surface area (TPSA) is 23.6 Å². The maximum Gasteiger partial charge on any atom is 0.338 e. The highest BCUT2D eigenvalue weighted by Gasteiger charge is 2.34. The Labute approximate surface area is 185 Å². The van der Waals surface area contributed by atoms with Crippen molar-refractivity contribution in [2.24, 2.45) is 0 Å². The van der Waals surface area contributed by atoms with Gasteiger partial charge in [0.15, 0.2) is 0 Å². The molecule has 0 N–H and O–H groups in total. The molecule has 2 aliphatic rings. The largest absolute Gasteiger partial charge is 0.338 e. The van der Waals surface area contributed by atoms with Crippen molar-refractivity contribution in [3.05, 3.63) is 108 Å². The van der Waals surface area contributed by atoms with Gasteiger partial charge in [-0.1, -0.05) is 72.4 Å². The molecule has 0 spiro atoms. The fourth-order valence-corrected chi connectivity index (χ4v) is 5.55. The van der Waals surface area contributed by atoms with Crippen LogP contribution in [-0.4, -0.2) is 6.03 Å². The number of para-hydroxylation sites is 4. The zero-order chi connectivity index (χ0) is 20.8. The van der Waals surface area contributed by atoms with Crippen molar-refractivity contribution < 1.29 is 4.79 Å². The Bertz CT molecular complexity index is 1220. The fraction of sp³-hybridized carbons (Fsp3) is 0.0741. The van der Waals surface area contributed by atoms with E-state index in [4.69, 9.17) is 0 Å². The van der Waals surface area contributed by atoms with Crippen LogP contribution in [-0.2, 0) is 12.8 Å². The summed E-state index contributed by atoms with van der Waals surface area (Å²) in [5.74, 6) is 0. The Morgan fingerprint density at radius 1 is 0.548 bits per heavy atom. The van der Waals surface area contributed by atoms with E-state index in [9.17, 15) is 4.79 Å². The van der Waals surface area contributed by atoms with Crippen LogP contribution >= 0.6 is 11.8 Å². The zero-order valence-electron chi connectivity index (χ0n) is 16.9. The summed E-state index contributed by atoms with van der Waals surface area (Å²) in [7, 11) is 0. The molecule has 0 aliphatic carbocycles. The van der Waals surface area contributed by atoms with Gasteiger partial charge < -0.3 is 0 Å². The SMILES string of the molecule is O=C(N1c2ccccc2CCc2ccccc21)N1c2ccccc2Sc2ccccc21. The first kappa shape index (κ1) is 18.3. The Hall–Kier alpha value is -3.50. The average molecular weight is 421 g/mol. The predicted octanol–water partition coefficient (Wildman–Crippen LogP) is 7.35. The van der Waals surface area contributed by atoms with Crippen LogP contribution in [0.1, 0.15) is 11.1 Å². The molecule has 0 radical (unpaired) electrons. The molecule has 4 aromatic rings. The third kappa shape index (κ3) is 2.94. The summed E-state index contributed by atoms with van der Waals surface area (Å²) in [5, 5.41) is 0. The smallest absolute Gasteiger partial charge is 0.262 e. The lowest BCUT2D eigenvalue weighted by atomic mass is 10.0. The van der Waals surface area contributed by atoms with Crippen LogP contribution in [0.3, 0.4) is 0 Å². The highest BCUT2D eigenvalue weighted by atomic mass is 32.2. The number of fused-ring (bicyclic) bond motifs is 4. The summed E-state index contributed by atoms with van der Waals surface area (Å²) in [6.07, 6.45) is 1.83. The lowest BCUT2D eigenvalue weighted by Crippen LogP contribution is -2.39. The minimum absolute atomic E-state index is 0.0537. The molecule has 0 aromatic heterocycles. The summed E-state index contributed by atoms with van der Waals surface area (Å²) >= 11 is 1.71. The Morgan fingerprint density at radius 2 is 0.935 bits per heavy atom. The standard InChI is InChI=1S/C27H20N2OS/c30-27(29-23-13-5-7-15-25(23)31-26-16-8-6-14-24(26)29)28-21-11-3-1-9-19(21)17-18-20-10-2-4-12-22(20)28/h1-16H,17-18H2. The van der Waals surface area contributed by atoms with Crippen molar-refractivity contribution in [3.63, 3.8) is 0 Å². The molecule has 4 heteroatoms. The number of hydrogen-bond acceptors (Lipinski definition) is 2. The van der Waals surface area contributed by atoms with Crippen LogP contribution in [0.5, 0.6) is 0 Å². The molecule has 6 rings (SSSR count). The van der Waals surface area contributed by atoms with E-state index in [-0.39, 0.29) is 6.03 Å². The van der Waals surface area contributed by atoms with Crippen molar-refractivity contribution in [1.29, 1.82) is 0 Å². The molecular formula is C27H20N2OS. The van der Waals surface area contributed by atoms with Crippen molar-refractivity contribution in [1.82, 2.24) is 0 Å². The normalized spacial score (nSPS) is 14.1. The third-order valence-corrected chi connectivity index (χ3v) is 7.07. The van der Waals surface area contributed by atoms with E-state index in [1.165, 1.54) is 11.1 Å². The number of anilines is 4. The number of carbonyl (C=O) groups excluding carboxylic acids is 1. The van der Waals surface area contributed by atoms with Crippen molar-refractivity contribution >= 4 is 40.5 Å². The summed E-state index contributed by atoms with van der Waals surface area (Å²) in [4.78, 5) is 20.4. The number of rotatable bonds is 0. The number of hydrogen-bond donors (Lipinski definition) is 0. The Morgan fingerprint density at radius 3 is 1.45 bits per heavy atom. The molecule has 31 heavy (non-hydrogen) atoms. The second kappa shape index (κ2) is 7.33. The first-order chi connectivity index (χ1) is 15.3. The van der Waals surface area contributed by atoms with Crippen molar-refractivity contribution in [3.8, 4) is 0 Å². The number of urea groups is 1. The summed E-state index contributed by atoms with van der Waals surface area (Å²) in [5.41, 5.74) is 6.17. The summed E-state index contributed by atoms with van der Waals surface area (Å²) in [6.45, 7) is 0. The third-order valence-electron chi connectivity index (χ3n) is 5.94. The van der Waals surface area contributed by atoms with E-state index < -0.39 is 0 Å². The highest BCUT2D eigenvalue weighted by molar-refractivity contribution is 7.99. The molecule has 4 aromatic carbocycles. The molecule has 2 heterocycles. The molecule has 2 aliphatic heterocycles. The molecule has 0 saturated heterocycles. The number of benzene rings is 4. The number of nitrogens with zero attached hydrogens (tertiary/aromatic N) is 2. The van der Waals surface area contributed by atoms with E-state index in [2.05, 4.69) is 48.5 Å². The van der Waals surface area contributed by atoms with Gasteiger partial charge in [-0.05, 0) is 60.4 Å². The molecule has 0 fully saturated rings. The second-order valence-corrected chi connectivity index (χ2v) is 8.83. The second-order valence-electron chi connectivity index (χ2n) is 7.75. The van der Waals surface area contributed by atoms with Gasteiger partial charge in [0.1, 0.15) is 0 Å². The lowest BCUT2D eigenvalue weighted by molar-refractivity contribution is 0.255. The van der Waals surface area contributed by atoms with Gasteiger partial charge in [-0.25, -0.2) is 4.79 Å². The Balaban J connectivity index is 1.58. The van der Waals surface area contributed by atoms with Gasteiger partial charge in [-0.3, -0.25) is 9.80 Å². The van der Waals surface area contributed by atoms with Crippen LogP contribution in [0.2, 0.25) is 0 Å². The summed E-state index contributed by atoms with van der Waals surface area (Å²) in [6, 6.07) is 32.8. The molecule has 0 bridgehead atoms. The molecule has 2 amide bonds. The first-order valence-corrected chi connectivity index (χ1v) is 11.3. The van der Waals surface area contributed by atoms with Gasteiger partial charge in [0.25, 0.3) is 0 Å². The molecule has 150 valence electrons. The molecule has 0 atom stereocenters. The molecule has 3 nitrogen and oxygen atoms in total. The highest BCUT2D eigenvalue weighted by Crippen LogP contribution is 2.49. The van der Waals surface area contributed by atoms with E-state index >= 15 is 0 Å².